The molecule has 3 rings (SSSR count). The highest BCUT2D eigenvalue weighted by molar-refractivity contribution is 5.96. The Hall–Kier alpha value is -3.54. The minimum absolute atomic E-state index is 0.0409. The molecule has 3 aromatic rings. The first kappa shape index (κ1) is 22.2. The van der Waals surface area contributed by atoms with E-state index in [0.29, 0.717) is 30.4 Å². The number of benzene rings is 3. The molecule has 0 fully saturated rings. The molecular weight excluding hydrogens is 392 g/mol. The number of amides is 2. The van der Waals surface area contributed by atoms with Gasteiger partial charge in [0.2, 0.25) is 11.8 Å². The third-order valence-corrected chi connectivity index (χ3v) is 4.86. The van der Waals surface area contributed by atoms with Crippen molar-refractivity contribution in [3.05, 3.63) is 66.2 Å². The molecule has 0 bridgehead atoms. The van der Waals surface area contributed by atoms with Gasteiger partial charge in [-0.3, -0.25) is 9.59 Å². The Balaban J connectivity index is 1.62. The molecule has 3 aromatic carbocycles. The van der Waals surface area contributed by atoms with E-state index < -0.39 is 0 Å². The number of ether oxygens (including phenoxy) is 2. The van der Waals surface area contributed by atoms with Gasteiger partial charge < -0.3 is 19.7 Å². The summed E-state index contributed by atoms with van der Waals surface area (Å²) in [6, 6.07) is 19.1. The fourth-order valence-corrected chi connectivity index (χ4v) is 3.38. The van der Waals surface area contributed by atoms with Gasteiger partial charge in [-0.1, -0.05) is 42.5 Å². The highest BCUT2D eigenvalue weighted by Crippen LogP contribution is 2.30. The van der Waals surface area contributed by atoms with Crippen LogP contribution in [0.1, 0.15) is 19.4 Å². The van der Waals surface area contributed by atoms with Crippen LogP contribution in [0.5, 0.6) is 11.5 Å². The number of hydrogen-bond acceptors (Lipinski definition) is 4. The molecule has 0 atom stereocenters. The molecule has 0 aliphatic heterocycles. The summed E-state index contributed by atoms with van der Waals surface area (Å²) in [5.41, 5.74) is 1.54. The molecule has 162 valence electrons. The van der Waals surface area contributed by atoms with Crippen molar-refractivity contribution in [1.82, 2.24) is 4.90 Å². The lowest BCUT2D eigenvalue weighted by Gasteiger charge is -2.18. The van der Waals surface area contributed by atoms with Gasteiger partial charge in [-0.05, 0) is 42.3 Å². The third-order valence-electron chi connectivity index (χ3n) is 4.86. The Morgan fingerprint density at radius 2 is 1.61 bits per heavy atom. The molecule has 0 spiro atoms. The average Bonchev–Trinajstić information content (AvgIpc) is 2.76. The van der Waals surface area contributed by atoms with Crippen LogP contribution in [0.25, 0.3) is 10.8 Å². The van der Waals surface area contributed by atoms with Crippen LogP contribution in [0.3, 0.4) is 0 Å². The molecule has 0 radical (unpaired) electrons. The van der Waals surface area contributed by atoms with E-state index in [1.54, 1.807) is 25.2 Å². The standard InChI is InChI=1S/C25H28N2O4/c1-4-30-22-14-13-20(16-23(22)31-5-2)26-24(28)17-27(3)25(29)15-19-11-8-10-18-9-6-7-12-21(18)19/h6-14,16H,4-5,15,17H2,1-3H3,(H,26,28). The fourth-order valence-electron chi connectivity index (χ4n) is 3.38. The molecule has 0 aliphatic carbocycles. The number of nitrogens with one attached hydrogen (secondary N) is 1. The highest BCUT2D eigenvalue weighted by atomic mass is 16.5. The fraction of sp³-hybridized carbons (Fsp3) is 0.280. The number of carbonyl (C=O) groups is 2. The molecule has 0 unspecified atom stereocenters. The van der Waals surface area contributed by atoms with E-state index in [2.05, 4.69) is 5.32 Å². The lowest BCUT2D eigenvalue weighted by molar-refractivity contribution is -0.132. The summed E-state index contributed by atoms with van der Waals surface area (Å²) in [5, 5.41) is 4.96. The zero-order valence-corrected chi connectivity index (χ0v) is 18.2. The first-order chi connectivity index (χ1) is 15.0. The van der Waals surface area contributed by atoms with Gasteiger partial charge in [0.05, 0.1) is 26.2 Å². The normalized spacial score (nSPS) is 10.5. The number of likely N-dealkylation sites (N-methyl/N-ethyl adjacent to an activating group) is 1. The van der Waals surface area contributed by atoms with E-state index >= 15 is 0 Å². The van der Waals surface area contributed by atoms with E-state index in [9.17, 15) is 9.59 Å². The smallest absolute Gasteiger partial charge is 0.243 e. The zero-order valence-electron chi connectivity index (χ0n) is 18.2. The molecule has 6 nitrogen and oxygen atoms in total. The SMILES string of the molecule is CCOc1ccc(NC(=O)CN(C)C(=O)Cc2cccc3ccccc23)cc1OCC. The van der Waals surface area contributed by atoms with Crippen molar-refractivity contribution in [2.45, 2.75) is 20.3 Å². The van der Waals surface area contributed by atoms with E-state index in [1.165, 1.54) is 4.90 Å². The summed E-state index contributed by atoms with van der Waals surface area (Å²) in [6.45, 7) is 4.76. The maximum Gasteiger partial charge on any atom is 0.243 e. The molecular formula is C25H28N2O4. The van der Waals surface area contributed by atoms with Crippen molar-refractivity contribution >= 4 is 28.3 Å². The molecule has 31 heavy (non-hydrogen) atoms. The van der Waals surface area contributed by atoms with E-state index in [0.717, 1.165) is 16.3 Å². The Kier molecular flexibility index (Phi) is 7.49. The first-order valence-electron chi connectivity index (χ1n) is 10.4. The molecule has 0 saturated heterocycles. The Bertz CT molecular complexity index is 1060. The Labute approximate surface area is 182 Å². The third kappa shape index (κ3) is 5.75. The van der Waals surface area contributed by atoms with Gasteiger partial charge in [-0.15, -0.1) is 0 Å². The lowest BCUT2D eigenvalue weighted by Crippen LogP contribution is -2.35. The second kappa shape index (κ2) is 10.5. The quantitative estimate of drug-likeness (QED) is 0.561. The minimum atomic E-state index is -0.277. The number of anilines is 1. The van der Waals surface area contributed by atoms with Gasteiger partial charge in [-0.2, -0.15) is 0 Å². The van der Waals surface area contributed by atoms with E-state index in [4.69, 9.17) is 9.47 Å². The molecule has 1 N–H and O–H groups in total. The monoisotopic (exact) mass is 420 g/mol. The van der Waals surface area contributed by atoms with Crippen LogP contribution in [0.2, 0.25) is 0 Å². The maximum atomic E-state index is 12.7. The van der Waals surface area contributed by atoms with Gasteiger partial charge in [0.15, 0.2) is 11.5 Å². The van der Waals surface area contributed by atoms with Crippen molar-refractivity contribution < 1.29 is 19.1 Å². The van der Waals surface area contributed by atoms with Gasteiger partial charge in [-0.25, -0.2) is 0 Å². The molecule has 0 aliphatic rings. The van der Waals surface area contributed by atoms with Crippen molar-refractivity contribution in [2.75, 3.05) is 32.1 Å². The minimum Gasteiger partial charge on any atom is -0.490 e. The van der Waals surface area contributed by atoms with Crippen LogP contribution in [0.4, 0.5) is 5.69 Å². The number of hydrogen-bond donors (Lipinski definition) is 1. The number of rotatable bonds is 9. The number of nitrogens with zero attached hydrogens (tertiary/aromatic N) is 1. The number of carbonyl (C=O) groups excluding carboxylic acids is 2. The average molecular weight is 421 g/mol. The Morgan fingerprint density at radius 3 is 2.39 bits per heavy atom. The van der Waals surface area contributed by atoms with Crippen LogP contribution in [-0.4, -0.2) is 43.5 Å². The molecule has 0 heterocycles. The highest BCUT2D eigenvalue weighted by Gasteiger charge is 2.16. The van der Waals surface area contributed by atoms with Gasteiger partial charge in [0.1, 0.15) is 0 Å². The second-order valence-corrected chi connectivity index (χ2v) is 7.14. The summed E-state index contributed by atoms with van der Waals surface area (Å²) in [6.07, 6.45) is 0.239. The van der Waals surface area contributed by atoms with Crippen LogP contribution >= 0.6 is 0 Å². The van der Waals surface area contributed by atoms with E-state index in [1.807, 2.05) is 56.3 Å². The van der Waals surface area contributed by atoms with Crippen molar-refractivity contribution in [3.8, 4) is 11.5 Å². The van der Waals surface area contributed by atoms with Crippen LogP contribution in [0, 0.1) is 0 Å². The van der Waals surface area contributed by atoms with Crippen molar-refractivity contribution in [1.29, 1.82) is 0 Å². The van der Waals surface area contributed by atoms with Gasteiger partial charge in [0.25, 0.3) is 0 Å². The van der Waals surface area contributed by atoms with Gasteiger partial charge in [0, 0.05) is 18.8 Å². The topological polar surface area (TPSA) is 67.9 Å². The summed E-state index contributed by atoms with van der Waals surface area (Å²) in [4.78, 5) is 26.6. The van der Waals surface area contributed by atoms with Gasteiger partial charge >= 0.3 is 0 Å². The zero-order chi connectivity index (χ0) is 22.2. The summed E-state index contributed by atoms with van der Waals surface area (Å²) >= 11 is 0. The summed E-state index contributed by atoms with van der Waals surface area (Å²) < 4.78 is 11.1. The predicted molar refractivity (Wildman–Crippen MR) is 123 cm³/mol. The maximum absolute atomic E-state index is 12.7. The molecule has 6 heteroatoms. The van der Waals surface area contributed by atoms with Crippen molar-refractivity contribution in [2.24, 2.45) is 0 Å². The lowest BCUT2D eigenvalue weighted by atomic mass is 10.0. The molecule has 0 aromatic heterocycles. The van der Waals surface area contributed by atoms with Crippen LogP contribution in [0.15, 0.2) is 60.7 Å². The first-order valence-corrected chi connectivity index (χ1v) is 10.4. The van der Waals surface area contributed by atoms with Crippen molar-refractivity contribution in [3.63, 3.8) is 0 Å². The van der Waals surface area contributed by atoms with E-state index in [-0.39, 0.29) is 24.8 Å². The molecule has 0 saturated carbocycles. The number of fused-ring (bicyclic) bond motifs is 1. The largest absolute Gasteiger partial charge is 0.490 e. The Morgan fingerprint density at radius 1 is 0.903 bits per heavy atom. The molecule has 2 amide bonds. The predicted octanol–water partition coefficient (Wildman–Crippen LogP) is 4.28. The van der Waals surface area contributed by atoms with Crippen LogP contribution in [-0.2, 0) is 16.0 Å². The summed E-state index contributed by atoms with van der Waals surface area (Å²) in [7, 11) is 1.64. The summed E-state index contributed by atoms with van der Waals surface area (Å²) in [5.74, 6) is 0.806. The van der Waals surface area contributed by atoms with Crippen LogP contribution < -0.4 is 14.8 Å². The second-order valence-electron chi connectivity index (χ2n) is 7.14.